The molecule has 1 aliphatic rings. The lowest BCUT2D eigenvalue weighted by molar-refractivity contribution is -0.00852. The molecule has 0 radical (unpaired) electrons. The normalized spacial score (nSPS) is 14.7. The van der Waals surface area contributed by atoms with Crippen molar-refractivity contribution in [3.8, 4) is 28.5 Å². The van der Waals surface area contributed by atoms with E-state index in [-0.39, 0.29) is 0 Å². The SMILES string of the molecule is Cc1cc(-c2c(-c3ccccc3C#N)nn3ccc(N(C)C4(O)CNC4)nc23)cc(Cl)n1. The van der Waals surface area contributed by atoms with Crippen molar-refractivity contribution >= 4 is 23.1 Å². The summed E-state index contributed by atoms with van der Waals surface area (Å²) in [5.74, 6) is 0.611. The fourth-order valence-corrected chi connectivity index (χ4v) is 4.17. The van der Waals surface area contributed by atoms with Crippen molar-refractivity contribution in [1.29, 1.82) is 5.26 Å². The summed E-state index contributed by atoms with van der Waals surface area (Å²) < 4.78 is 1.68. The van der Waals surface area contributed by atoms with E-state index in [1.54, 1.807) is 27.7 Å². The quantitative estimate of drug-likeness (QED) is 0.367. The van der Waals surface area contributed by atoms with Gasteiger partial charge in [0.25, 0.3) is 0 Å². The first-order chi connectivity index (χ1) is 15.4. The number of nitrogens with one attached hydrogen (secondary N) is 1. The Morgan fingerprint density at radius 2 is 2.00 bits per heavy atom. The molecule has 2 N–H and O–H groups in total. The number of nitrogens with zero attached hydrogens (tertiary/aromatic N) is 6. The largest absolute Gasteiger partial charge is 0.368 e. The third kappa shape index (κ3) is 3.28. The highest BCUT2D eigenvalue weighted by atomic mass is 35.5. The molecule has 8 nitrogen and oxygen atoms in total. The lowest BCUT2D eigenvalue weighted by Crippen LogP contribution is -2.68. The zero-order valence-corrected chi connectivity index (χ0v) is 18.3. The molecule has 4 heterocycles. The highest BCUT2D eigenvalue weighted by Gasteiger charge is 2.39. The van der Waals surface area contributed by atoms with Crippen LogP contribution in [0.2, 0.25) is 5.15 Å². The van der Waals surface area contributed by atoms with E-state index >= 15 is 0 Å². The summed E-state index contributed by atoms with van der Waals surface area (Å²) in [6.07, 6.45) is 1.81. The van der Waals surface area contributed by atoms with Crippen molar-refractivity contribution in [2.75, 3.05) is 25.0 Å². The Morgan fingerprint density at radius 3 is 2.69 bits per heavy atom. The number of anilines is 1. The molecule has 0 spiro atoms. The molecule has 0 amide bonds. The lowest BCUT2D eigenvalue weighted by Gasteiger charge is -2.45. The van der Waals surface area contributed by atoms with E-state index in [0.29, 0.717) is 46.5 Å². The third-order valence-corrected chi connectivity index (χ3v) is 5.96. The van der Waals surface area contributed by atoms with Gasteiger partial charge in [-0.05, 0) is 36.8 Å². The average Bonchev–Trinajstić information content (AvgIpc) is 3.14. The molecule has 0 aliphatic carbocycles. The van der Waals surface area contributed by atoms with Crippen molar-refractivity contribution in [3.05, 3.63) is 65.1 Å². The van der Waals surface area contributed by atoms with Crippen LogP contribution in [0.5, 0.6) is 0 Å². The third-order valence-electron chi connectivity index (χ3n) is 5.77. The number of nitriles is 1. The smallest absolute Gasteiger partial charge is 0.165 e. The Hall–Kier alpha value is -3.51. The number of halogens is 1. The van der Waals surface area contributed by atoms with Crippen LogP contribution in [0.1, 0.15) is 11.3 Å². The molecule has 0 unspecified atom stereocenters. The van der Waals surface area contributed by atoms with Crippen molar-refractivity contribution in [3.63, 3.8) is 0 Å². The maximum atomic E-state index is 10.8. The maximum Gasteiger partial charge on any atom is 0.165 e. The van der Waals surface area contributed by atoms with Gasteiger partial charge in [0.2, 0.25) is 0 Å². The zero-order valence-electron chi connectivity index (χ0n) is 17.5. The van der Waals surface area contributed by atoms with E-state index in [1.807, 2.05) is 44.3 Å². The molecule has 9 heteroatoms. The van der Waals surface area contributed by atoms with Crippen LogP contribution in [-0.2, 0) is 0 Å². The molecule has 32 heavy (non-hydrogen) atoms. The number of rotatable bonds is 4. The van der Waals surface area contributed by atoms with E-state index < -0.39 is 5.72 Å². The monoisotopic (exact) mass is 445 g/mol. The summed E-state index contributed by atoms with van der Waals surface area (Å²) in [5.41, 5.74) is 3.76. The molecule has 1 aromatic carbocycles. The predicted octanol–water partition coefficient (Wildman–Crippen LogP) is 3.02. The first-order valence-corrected chi connectivity index (χ1v) is 10.5. The number of fused-ring (bicyclic) bond motifs is 1. The topological polar surface area (TPSA) is 102 Å². The van der Waals surface area contributed by atoms with Gasteiger partial charge in [-0.3, -0.25) is 0 Å². The predicted molar refractivity (Wildman–Crippen MR) is 122 cm³/mol. The Kier molecular flexibility index (Phi) is 4.82. The van der Waals surface area contributed by atoms with Crippen molar-refractivity contribution in [2.24, 2.45) is 0 Å². The van der Waals surface area contributed by atoms with Crippen LogP contribution in [0.25, 0.3) is 28.0 Å². The van der Waals surface area contributed by atoms with Crippen LogP contribution < -0.4 is 10.2 Å². The summed E-state index contributed by atoms with van der Waals surface area (Å²) in [5, 5.41) is 28.6. The van der Waals surface area contributed by atoms with Crippen molar-refractivity contribution in [1.82, 2.24) is 24.9 Å². The second kappa shape index (κ2) is 7.57. The molecule has 1 aliphatic heterocycles. The molecule has 5 rings (SSSR count). The molecular formula is C23H20ClN7O. The maximum absolute atomic E-state index is 10.8. The summed E-state index contributed by atoms with van der Waals surface area (Å²) in [4.78, 5) is 10.9. The van der Waals surface area contributed by atoms with Crippen LogP contribution >= 0.6 is 11.6 Å². The minimum atomic E-state index is -0.988. The summed E-state index contributed by atoms with van der Waals surface area (Å²) in [7, 11) is 1.81. The first kappa shape index (κ1) is 20.4. The number of pyridine rings is 1. The van der Waals surface area contributed by atoms with Gasteiger partial charge in [0.15, 0.2) is 11.4 Å². The Labute approximate surface area is 189 Å². The number of hydrogen-bond acceptors (Lipinski definition) is 7. The average molecular weight is 446 g/mol. The van der Waals surface area contributed by atoms with Gasteiger partial charge < -0.3 is 15.3 Å². The molecule has 3 aromatic heterocycles. The molecule has 1 fully saturated rings. The highest BCUT2D eigenvalue weighted by molar-refractivity contribution is 6.29. The van der Waals surface area contributed by atoms with Crippen molar-refractivity contribution < 1.29 is 5.11 Å². The van der Waals surface area contributed by atoms with E-state index in [4.69, 9.17) is 21.7 Å². The highest BCUT2D eigenvalue weighted by Crippen LogP contribution is 2.37. The second-order valence-corrected chi connectivity index (χ2v) is 8.29. The molecule has 0 atom stereocenters. The number of hydrogen-bond donors (Lipinski definition) is 2. The Bertz CT molecular complexity index is 1370. The summed E-state index contributed by atoms with van der Waals surface area (Å²) in [6.45, 7) is 2.79. The van der Waals surface area contributed by atoms with Crippen molar-refractivity contribution in [2.45, 2.75) is 12.6 Å². The van der Waals surface area contributed by atoms with Crippen LogP contribution in [-0.4, -0.2) is 50.6 Å². The number of benzene rings is 1. The van der Waals surface area contributed by atoms with Gasteiger partial charge in [-0.1, -0.05) is 29.8 Å². The summed E-state index contributed by atoms with van der Waals surface area (Å²) in [6, 6.07) is 15.1. The van der Waals surface area contributed by atoms with E-state index in [1.165, 1.54) is 0 Å². The summed E-state index contributed by atoms with van der Waals surface area (Å²) >= 11 is 6.28. The molecule has 0 bridgehead atoms. The minimum absolute atomic E-state index is 0.363. The minimum Gasteiger partial charge on any atom is -0.368 e. The molecule has 0 saturated carbocycles. The van der Waals surface area contributed by atoms with Crippen LogP contribution in [0.15, 0.2) is 48.7 Å². The van der Waals surface area contributed by atoms with E-state index in [9.17, 15) is 10.4 Å². The fourth-order valence-electron chi connectivity index (χ4n) is 3.92. The van der Waals surface area contributed by atoms with Crippen LogP contribution in [0.4, 0.5) is 5.82 Å². The van der Waals surface area contributed by atoms with Crippen LogP contribution in [0.3, 0.4) is 0 Å². The molecule has 1 saturated heterocycles. The number of aromatic nitrogens is 4. The second-order valence-electron chi connectivity index (χ2n) is 7.90. The number of likely N-dealkylation sites (N-methyl/N-ethyl adjacent to an activating group) is 1. The zero-order chi connectivity index (χ0) is 22.5. The molecule has 4 aromatic rings. The number of aliphatic hydroxyl groups is 1. The standard InChI is InChI=1S/C23H20ClN7O/c1-14-9-16(10-18(24)27-14)20-21(17-6-4-3-5-15(17)11-25)29-31-8-7-19(28-22(20)31)30(2)23(32)12-26-13-23/h3-10,26,32H,12-13H2,1-2H3. The number of aryl methyl sites for hydroxylation is 1. The Morgan fingerprint density at radius 1 is 1.22 bits per heavy atom. The van der Waals surface area contributed by atoms with Gasteiger partial charge in [0.05, 0.1) is 17.2 Å². The van der Waals surface area contributed by atoms with Gasteiger partial charge in [0.1, 0.15) is 16.7 Å². The first-order valence-electron chi connectivity index (χ1n) is 10.1. The van der Waals surface area contributed by atoms with Gasteiger partial charge in [-0.25, -0.2) is 14.5 Å². The van der Waals surface area contributed by atoms with Crippen LogP contribution in [0, 0.1) is 18.3 Å². The fraction of sp³-hybridized carbons (Fsp3) is 0.217. The van der Waals surface area contributed by atoms with Gasteiger partial charge in [0, 0.05) is 37.6 Å². The van der Waals surface area contributed by atoms with Gasteiger partial charge in [-0.2, -0.15) is 10.4 Å². The molecule has 160 valence electrons. The Balaban J connectivity index is 1.79. The van der Waals surface area contributed by atoms with E-state index in [2.05, 4.69) is 16.4 Å². The lowest BCUT2D eigenvalue weighted by atomic mass is 9.98. The van der Waals surface area contributed by atoms with Gasteiger partial charge in [-0.15, -0.1) is 0 Å². The number of β-amino-alcohol motifs (C(OH)–C–C–N with tert-alkyl or cyclic N) is 1. The van der Waals surface area contributed by atoms with Gasteiger partial charge >= 0.3 is 0 Å². The molecular weight excluding hydrogens is 426 g/mol. The van der Waals surface area contributed by atoms with E-state index in [0.717, 1.165) is 16.8 Å².